The molecule has 9 nitrogen and oxygen atoms in total. The number of anilines is 2. The summed E-state index contributed by atoms with van der Waals surface area (Å²) >= 11 is 2.60. The summed E-state index contributed by atoms with van der Waals surface area (Å²) < 4.78 is 6.65. The zero-order valence-electron chi connectivity index (χ0n) is 20.4. The highest BCUT2D eigenvalue weighted by atomic mass is 32.2. The second-order valence-electron chi connectivity index (χ2n) is 8.59. The molecule has 1 aliphatic heterocycles. The van der Waals surface area contributed by atoms with Crippen LogP contribution in [0.15, 0.2) is 53.4 Å². The van der Waals surface area contributed by atoms with Crippen molar-refractivity contribution in [2.45, 2.75) is 25.7 Å². The smallest absolute Gasteiger partial charge is 0.341 e. The van der Waals surface area contributed by atoms with Crippen LogP contribution in [-0.4, -0.2) is 45.6 Å². The van der Waals surface area contributed by atoms with Crippen LogP contribution in [-0.2, 0) is 34.2 Å². The SMILES string of the molecule is COC(=O)c1c(NC(=O)CSC2=NC(=Cc3cnn(C)c3)C(=O)N2c2ccccc2)sc2c1CCCC2. The average molecular weight is 536 g/mol. The zero-order chi connectivity index (χ0) is 25.9. The Balaban J connectivity index is 1.36. The number of aryl methyl sites for hydroxylation is 2. The lowest BCUT2D eigenvalue weighted by Crippen LogP contribution is -2.31. The number of esters is 1. The topological polar surface area (TPSA) is 106 Å². The van der Waals surface area contributed by atoms with Crippen LogP contribution in [0.5, 0.6) is 0 Å². The predicted octanol–water partition coefficient (Wildman–Crippen LogP) is 4.26. The predicted molar refractivity (Wildman–Crippen MR) is 146 cm³/mol. The van der Waals surface area contributed by atoms with Gasteiger partial charge in [0.15, 0.2) is 5.17 Å². The number of ether oxygens (including phenoxy) is 1. The molecule has 1 aromatic carbocycles. The molecule has 0 radical (unpaired) electrons. The number of rotatable bonds is 6. The first-order valence-electron chi connectivity index (χ1n) is 11.8. The van der Waals surface area contributed by atoms with Crippen molar-refractivity contribution < 1.29 is 19.1 Å². The molecule has 5 rings (SSSR count). The number of benzene rings is 1. The van der Waals surface area contributed by atoms with Crippen LogP contribution in [0.3, 0.4) is 0 Å². The van der Waals surface area contributed by atoms with Crippen LogP contribution in [0.2, 0.25) is 0 Å². The molecule has 2 aliphatic rings. The number of carbonyl (C=O) groups is 3. The van der Waals surface area contributed by atoms with E-state index in [-0.39, 0.29) is 23.3 Å². The molecule has 190 valence electrons. The molecule has 0 bridgehead atoms. The number of carbonyl (C=O) groups excluding carboxylic acids is 3. The lowest BCUT2D eigenvalue weighted by Gasteiger charge is -2.17. The maximum Gasteiger partial charge on any atom is 0.341 e. The molecule has 3 aromatic rings. The number of amides is 2. The number of para-hydroxylation sites is 1. The maximum atomic E-state index is 13.3. The van der Waals surface area contributed by atoms with Crippen LogP contribution < -0.4 is 10.2 Å². The van der Waals surface area contributed by atoms with Crippen molar-refractivity contribution in [3.8, 4) is 0 Å². The summed E-state index contributed by atoms with van der Waals surface area (Å²) in [6, 6.07) is 9.19. The molecular weight excluding hydrogens is 510 g/mol. The molecule has 1 aliphatic carbocycles. The van der Waals surface area contributed by atoms with Crippen LogP contribution in [0.4, 0.5) is 10.7 Å². The minimum atomic E-state index is -0.437. The normalized spacial score (nSPS) is 16.1. The van der Waals surface area contributed by atoms with Crippen molar-refractivity contribution >= 4 is 62.8 Å². The summed E-state index contributed by atoms with van der Waals surface area (Å²) in [7, 11) is 3.15. The number of nitrogens with zero attached hydrogens (tertiary/aromatic N) is 4. The summed E-state index contributed by atoms with van der Waals surface area (Å²) in [6.45, 7) is 0. The Labute approximate surface area is 222 Å². The lowest BCUT2D eigenvalue weighted by molar-refractivity contribution is -0.114. The highest BCUT2D eigenvalue weighted by molar-refractivity contribution is 8.14. The lowest BCUT2D eigenvalue weighted by atomic mass is 9.95. The standard InChI is InChI=1S/C26H25N5O4S2/c1-30-14-16(13-27-30)12-19-24(33)31(17-8-4-3-5-9-17)26(28-19)36-15-21(32)29-23-22(25(34)35-2)18-10-6-7-11-20(18)37-23/h3-5,8-9,12-14H,6-7,10-11,15H2,1-2H3,(H,29,32). The highest BCUT2D eigenvalue weighted by Crippen LogP contribution is 2.38. The average Bonchev–Trinajstić information content (AvgIpc) is 3.57. The molecule has 0 fully saturated rings. The first kappa shape index (κ1) is 25.0. The second-order valence-corrected chi connectivity index (χ2v) is 10.6. The molecule has 2 aromatic heterocycles. The quantitative estimate of drug-likeness (QED) is 0.373. The number of hydrogen-bond acceptors (Lipinski definition) is 8. The van der Waals surface area contributed by atoms with Gasteiger partial charge in [-0.3, -0.25) is 19.2 Å². The molecule has 0 unspecified atom stereocenters. The van der Waals surface area contributed by atoms with Crippen molar-refractivity contribution in [2.24, 2.45) is 12.0 Å². The van der Waals surface area contributed by atoms with Crippen LogP contribution in [0, 0.1) is 0 Å². The Hall–Kier alpha value is -3.70. The number of hydrogen-bond donors (Lipinski definition) is 1. The van der Waals surface area contributed by atoms with Crippen molar-refractivity contribution in [3.63, 3.8) is 0 Å². The number of fused-ring (bicyclic) bond motifs is 1. The number of nitrogens with one attached hydrogen (secondary N) is 1. The van der Waals surface area contributed by atoms with Gasteiger partial charge in [0.05, 0.1) is 30.3 Å². The van der Waals surface area contributed by atoms with E-state index in [1.54, 1.807) is 30.2 Å². The summed E-state index contributed by atoms with van der Waals surface area (Å²) in [5.41, 5.74) is 3.12. The molecule has 3 heterocycles. The largest absolute Gasteiger partial charge is 0.465 e. The van der Waals surface area contributed by atoms with E-state index in [9.17, 15) is 14.4 Å². The number of amidine groups is 1. The van der Waals surface area contributed by atoms with Gasteiger partial charge in [0.1, 0.15) is 10.7 Å². The Morgan fingerprint density at radius 2 is 2.00 bits per heavy atom. The summed E-state index contributed by atoms with van der Waals surface area (Å²) in [4.78, 5) is 45.9. The van der Waals surface area contributed by atoms with Crippen molar-refractivity contribution in [1.29, 1.82) is 0 Å². The van der Waals surface area contributed by atoms with E-state index in [1.165, 1.54) is 23.3 Å². The fourth-order valence-corrected chi connectivity index (χ4v) is 6.44. The molecule has 37 heavy (non-hydrogen) atoms. The van der Waals surface area contributed by atoms with E-state index >= 15 is 0 Å². The molecule has 11 heteroatoms. The van der Waals surface area contributed by atoms with E-state index < -0.39 is 5.97 Å². The highest BCUT2D eigenvalue weighted by Gasteiger charge is 2.33. The van der Waals surface area contributed by atoms with Gasteiger partial charge in [-0.05, 0) is 49.5 Å². The van der Waals surface area contributed by atoms with Gasteiger partial charge in [-0.2, -0.15) is 5.10 Å². The van der Waals surface area contributed by atoms with Crippen molar-refractivity contribution in [3.05, 3.63) is 70.0 Å². The minimum absolute atomic E-state index is 0.0127. The molecule has 1 N–H and O–H groups in total. The number of aliphatic imine (C=N–C) groups is 1. The van der Waals surface area contributed by atoms with Crippen molar-refractivity contribution in [2.75, 3.05) is 23.1 Å². The fourth-order valence-electron chi connectivity index (χ4n) is 4.34. The molecule has 0 saturated carbocycles. The Bertz CT molecular complexity index is 1420. The van der Waals surface area contributed by atoms with Gasteiger partial charge in [-0.15, -0.1) is 11.3 Å². The van der Waals surface area contributed by atoms with E-state index in [0.717, 1.165) is 53.4 Å². The van der Waals surface area contributed by atoms with Gasteiger partial charge in [0.25, 0.3) is 5.91 Å². The van der Waals surface area contributed by atoms with E-state index in [1.807, 2.05) is 30.3 Å². The van der Waals surface area contributed by atoms with Crippen LogP contribution >= 0.6 is 23.1 Å². The number of methoxy groups -OCH3 is 1. The summed E-state index contributed by atoms with van der Waals surface area (Å²) in [5.74, 6) is -0.995. The molecule has 2 amide bonds. The number of thioether (sulfide) groups is 1. The summed E-state index contributed by atoms with van der Waals surface area (Å²) in [5, 5.41) is 7.96. The Morgan fingerprint density at radius 1 is 1.22 bits per heavy atom. The minimum Gasteiger partial charge on any atom is -0.465 e. The Morgan fingerprint density at radius 3 is 2.73 bits per heavy atom. The van der Waals surface area contributed by atoms with Crippen molar-refractivity contribution in [1.82, 2.24) is 9.78 Å². The zero-order valence-corrected chi connectivity index (χ0v) is 22.0. The van der Waals surface area contributed by atoms with Gasteiger partial charge in [-0.25, -0.2) is 9.79 Å². The molecule has 0 spiro atoms. The second kappa shape index (κ2) is 10.7. The van der Waals surface area contributed by atoms with Gasteiger partial charge in [0.2, 0.25) is 5.91 Å². The summed E-state index contributed by atoms with van der Waals surface area (Å²) in [6.07, 6.45) is 8.90. The van der Waals surface area contributed by atoms with E-state index in [0.29, 0.717) is 21.4 Å². The number of aromatic nitrogens is 2. The number of thiophene rings is 1. The fraction of sp³-hybridized carbons (Fsp3) is 0.269. The third-order valence-electron chi connectivity index (χ3n) is 6.02. The molecule has 0 atom stereocenters. The van der Waals surface area contributed by atoms with E-state index in [2.05, 4.69) is 15.4 Å². The van der Waals surface area contributed by atoms with Gasteiger partial charge in [-0.1, -0.05) is 30.0 Å². The molecule has 0 saturated heterocycles. The third-order valence-corrected chi connectivity index (χ3v) is 8.16. The first-order valence-corrected chi connectivity index (χ1v) is 13.6. The van der Waals surface area contributed by atoms with Gasteiger partial charge < -0.3 is 10.1 Å². The van der Waals surface area contributed by atoms with Crippen LogP contribution in [0.1, 0.15) is 39.2 Å². The molecular formula is C26H25N5O4S2. The van der Waals surface area contributed by atoms with Gasteiger partial charge >= 0.3 is 5.97 Å². The van der Waals surface area contributed by atoms with Gasteiger partial charge in [0, 0.05) is 23.7 Å². The first-order chi connectivity index (χ1) is 17.9. The third kappa shape index (κ3) is 5.23. The Kier molecular flexibility index (Phi) is 7.24. The van der Waals surface area contributed by atoms with E-state index in [4.69, 9.17) is 4.74 Å². The maximum absolute atomic E-state index is 13.3. The monoisotopic (exact) mass is 535 g/mol. The van der Waals surface area contributed by atoms with Crippen LogP contribution in [0.25, 0.3) is 6.08 Å².